The second kappa shape index (κ2) is 39.1. The van der Waals surface area contributed by atoms with Gasteiger partial charge in [-0.1, -0.05) is 59.3 Å². The predicted molar refractivity (Wildman–Crippen MR) is 91.3 cm³/mol. The molecule has 0 fully saturated rings. The van der Waals surface area contributed by atoms with E-state index < -0.39 is 5.97 Å². The second-order valence-corrected chi connectivity index (χ2v) is 4.86. The SMILES string of the molecule is CCCC[O-].CCCC[O-].CCCC[O-].CCOC(=O)CC(C)=O.[Zr+3]. The Hall–Kier alpha value is -0.0969. The van der Waals surface area contributed by atoms with E-state index in [0.29, 0.717) is 6.61 Å². The van der Waals surface area contributed by atoms with Crippen molar-refractivity contribution in [3.63, 3.8) is 0 Å². The molecule has 0 heterocycles. The van der Waals surface area contributed by atoms with Gasteiger partial charge in [-0.15, -0.1) is 19.8 Å². The van der Waals surface area contributed by atoms with Crippen molar-refractivity contribution in [3.8, 4) is 0 Å². The van der Waals surface area contributed by atoms with Gasteiger partial charge in [0.15, 0.2) is 0 Å². The summed E-state index contributed by atoms with van der Waals surface area (Å²) in [6, 6.07) is 0. The predicted octanol–water partition coefficient (Wildman–Crippen LogP) is 0.967. The molecule has 0 aromatic rings. The van der Waals surface area contributed by atoms with Crippen molar-refractivity contribution in [3.05, 3.63) is 0 Å². The number of Topliss-reactive ketones (excluding diaryl/α,β-unsaturated/α-hetero) is 1. The van der Waals surface area contributed by atoms with Crippen LogP contribution in [0.3, 0.4) is 0 Å². The zero-order valence-corrected chi connectivity index (χ0v) is 19.2. The largest absolute Gasteiger partial charge is 3.00 e. The van der Waals surface area contributed by atoms with Crippen molar-refractivity contribution < 1.29 is 55.8 Å². The molecule has 0 aromatic heterocycles. The van der Waals surface area contributed by atoms with Gasteiger partial charge in [0, 0.05) is 0 Å². The second-order valence-electron chi connectivity index (χ2n) is 4.86. The first kappa shape index (κ1) is 35.9. The third kappa shape index (κ3) is 68.9. The molecule has 0 rings (SSSR count). The van der Waals surface area contributed by atoms with Gasteiger partial charge < -0.3 is 20.1 Å². The molecular formula is C18H37O6Zr. The monoisotopic (exact) mass is 439 g/mol. The topological polar surface area (TPSA) is 113 Å². The zero-order valence-electron chi connectivity index (χ0n) is 16.7. The van der Waals surface area contributed by atoms with E-state index in [9.17, 15) is 24.9 Å². The van der Waals surface area contributed by atoms with Crippen LogP contribution in [0.4, 0.5) is 0 Å². The molecule has 0 spiro atoms. The average molecular weight is 441 g/mol. The molecule has 0 saturated heterocycles. The Morgan fingerprint density at radius 1 is 0.760 bits per heavy atom. The zero-order chi connectivity index (χ0) is 19.6. The van der Waals surface area contributed by atoms with Crippen molar-refractivity contribution in [2.45, 2.75) is 79.6 Å². The Morgan fingerprint density at radius 3 is 1.20 bits per heavy atom. The smallest absolute Gasteiger partial charge is 0.854 e. The summed E-state index contributed by atoms with van der Waals surface area (Å²) >= 11 is 0. The van der Waals surface area contributed by atoms with Crippen molar-refractivity contribution in [1.29, 1.82) is 0 Å². The number of hydrogen-bond acceptors (Lipinski definition) is 6. The minimum atomic E-state index is -0.440. The van der Waals surface area contributed by atoms with Crippen LogP contribution >= 0.6 is 0 Å². The van der Waals surface area contributed by atoms with E-state index >= 15 is 0 Å². The van der Waals surface area contributed by atoms with E-state index in [1.54, 1.807) is 6.92 Å². The van der Waals surface area contributed by atoms with E-state index in [-0.39, 0.29) is 58.2 Å². The number of ketones is 1. The van der Waals surface area contributed by atoms with Gasteiger partial charge in [-0.3, -0.25) is 9.59 Å². The Morgan fingerprint density at radius 2 is 1.08 bits per heavy atom. The third-order valence-electron chi connectivity index (χ3n) is 2.19. The number of hydrogen-bond donors (Lipinski definition) is 0. The fraction of sp³-hybridized carbons (Fsp3) is 0.889. The van der Waals surface area contributed by atoms with Crippen LogP contribution in [0.2, 0.25) is 0 Å². The number of carbonyl (C=O) groups excluding carboxylic acids is 2. The van der Waals surface area contributed by atoms with Gasteiger partial charge in [-0.2, -0.15) is 0 Å². The molecule has 0 atom stereocenters. The molecule has 0 saturated carbocycles. The number of esters is 1. The normalized spacial score (nSPS) is 8.16. The number of carbonyl (C=O) groups is 2. The minimum Gasteiger partial charge on any atom is -0.854 e. The molecular weight excluding hydrogens is 403 g/mol. The minimum absolute atomic E-state index is 0. The Bertz CT molecular complexity index is 217. The van der Waals surface area contributed by atoms with Crippen LogP contribution in [0, 0.1) is 0 Å². The molecule has 0 aliphatic rings. The van der Waals surface area contributed by atoms with Crippen LogP contribution in [0.15, 0.2) is 0 Å². The summed E-state index contributed by atoms with van der Waals surface area (Å²) in [7, 11) is 0. The van der Waals surface area contributed by atoms with Crippen LogP contribution in [-0.4, -0.2) is 38.2 Å². The maximum absolute atomic E-state index is 10.4. The Kier molecular flexibility index (Phi) is 56.2. The first-order valence-electron chi connectivity index (χ1n) is 8.80. The molecule has 0 N–H and O–H groups in total. The van der Waals surface area contributed by atoms with Crippen LogP contribution in [-0.2, 0) is 40.5 Å². The summed E-state index contributed by atoms with van der Waals surface area (Å²) in [4.78, 5) is 20.6. The number of rotatable bonds is 9. The first-order chi connectivity index (χ1) is 11.4. The van der Waals surface area contributed by atoms with Gasteiger partial charge in [0.05, 0.1) is 6.61 Å². The summed E-state index contributed by atoms with van der Waals surface area (Å²) in [5.41, 5.74) is 0. The molecule has 0 unspecified atom stereocenters. The van der Waals surface area contributed by atoms with Crippen molar-refractivity contribution in [1.82, 2.24) is 0 Å². The fourth-order valence-electron chi connectivity index (χ4n) is 0.848. The summed E-state index contributed by atoms with van der Waals surface area (Å²) in [6.45, 7) is 9.72. The van der Waals surface area contributed by atoms with Crippen molar-refractivity contribution in [2.24, 2.45) is 0 Å². The van der Waals surface area contributed by atoms with Crippen LogP contribution in [0.1, 0.15) is 79.6 Å². The van der Waals surface area contributed by atoms with E-state index in [0.717, 1.165) is 38.5 Å². The Balaban J connectivity index is -0.0000000733. The summed E-state index contributed by atoms with van der Waals surface area (Å²) in [6.07, 6.45) is 5.49. The standard InChI is InChI=1S/C6H10O3.3C4H9O.Zr/c1-3-9-6(8)4-5(2)7;3*1-2-3-4-5;/h3-4H2,1-2H3;3*2-4H2,1H3;/q;3*-1;+3. The van der Waals surface area contributed by atoms with Crippen LogP contribution in [0.5, 0.6) is 0 Å². The summed E-state index contributed by atoms with van der Waals surface area (Å²) in [5.74, 6) is -0.599. The molecule has 0 aliphatic heterocycles. The van der Waals surface area contributed by atoms with Gasteiger partial charge in [0.25, 0.3) is 0 Å². The van der Waals surface area contributed by atoms with Crippen LogP contribution in [0.25, 0.3) is 0 Å². The van der Waals surface area contributed by atoms with E-state index in [1.165, 1.54) is 6.92 Å². The molecule has 0 bridgehead atoms. The molecule has 0 aromatic carbocycles. The Labute approximate surface area is 173 Å². The first-order valence-corrected chi connectivity index (χ1v) is 8.80. The molecule has 0 aliphatic carbocycles. The molecule has 149 valence electrons. The average Bonchev–Trinajstić information content (AvgIpc) is 2.51. The van der Waals surface area contributed by atoms with E-state index in [4.69, 9.17) is 0 Å². The fourth-order valence-corrected chi connectivity index (χ4v) is 0.848. The number of unbranched alkanes of at least 4 members (excludes halogenated alkanes) is 3. The molecule has 0 amide bonds. The maximum Gasteiger partial charge on any atom is 3.00 e. The van der Waals surface area contributed by atoms with Crippen molar-refractivity contribution >= 4 is 11.8 Å². The summed E-state index contributed by atoms with van der Waals surface area (Å²) < 4.78 is 4.49. The summed E-state index contributed by atoms with van der Waals surface area (Å²) in [5, 5.41) is 28.6. The number of ether oxygens (including phenoxy) is 1. The molecule has 25 heavy (non-hydrogen) atoms. The molecule has 6 nitrogen and oxygen atoms in total. The third-order valence-corrected chi connectivity index (χ3v) is 2.19. The van der Waals surface area contributed by atoms with E-state index in [1.807, 2.05) is 20.8 Å². The molecule has 7 heteroatoms. The van der Waals surface area contributed by atoms with E-state index in [2.05, 4.69) is 4.74 Å². The van der Waals surface area contributed by atoms with Gasteiger partial charge >= 0.3 is 32.2 Å². The van der Waals surface area contributed by atoms with Crippen molar-refractivity contribution in [2.75, 3.05) is 26.4 Å². The van der Waals surface area contributed by atoms with Gasteiger partial charge in [0.1, 0.15) is 12.2 Å². The molecule has 1 radical (unpaired) electrons. The van der Waals surface area contributed by atoms with Gasteiger partial charge in [0.2, 0.25) is 0 Å². The van der Waals surface area contributed by atoms with Crippen LogP contribution < -0.4 is 15.3 Å². The van der Waals surface area contributed by atoms with Gasteiger partial charge in [-0.05, 0) is 13.8 Å². The maximum atomic E-state index is 10.4. The van der Waals surface area contributed by atoms with Gasteiger partial charge in [-0.25, -0.2) is 0 Å². The quantitative estimate of drug-likeness (QED) is 0.390.